The Morgan fingerprint density at radius 2 is 2.00 bits per heavy atom. The summed E-state index contributed by atoms with van der Waals surface area (Å²) in [5, 5.41) is 6.09. The van der Waals surface area contributed by atoms with Gasteiger partial charge in [-0.05, 0) is 62.9 Å². The zero-order chi connectivity index (χ0) is 20.9. The van der Waals surface area contributed by atoms with Gasteiger partial charge in [-0.2, -0.15) is 0 Å². The van der Waals surface area contributed by atoms with Gasteiger partial charge in [0.25, 0.3) is 5.91 Å². The normalized spacial score (nSPS) is 27.9. The number of fused-ring (bicyclic) bond motifs is 1. The maximum absolute atomic E-state index is 12.9. The number of nitrogens with zero attached hydrogens (tertiary/aromatic N) is 2. The molecule has 2 atom stereocenters. The second-order valence-corrected chi connectivity index (χ2v) is 9.35. The third-order valence-corrected chi connectivity index (χ3v) is 7.49. The Morgan fingerprint density at radius 3 is 2.70 bits per heavy atom. The van der Waals surface area contributed by atoms with Gasteiger partial charge in [-0.15, -0.1) is 0 Å². The van der Waals surface area contributed by atoms with Crippen molar-refractivity contribution >= 4 is 17.7 Å². The average Bonchev–Trinajstić information content (AvgIpc) is 3.49. The fourth-order valence-corrected chi connectivity index (χ4v) is 5.59. The fourth-order valence-electron chi connectivity index (χ4n) is 5.59. The van der Waals surface area contributed by atoms with Gasteiger partial charge in [0.1, 0.15) is 6.04 Å². The summed E-state index contributed by atoms with van der Waals surface area (Å²) >= 11 is 0. The van der Waals surface area contributed by atoms with Gasteiger partial charge in [-0.3, -0.25) is 24.6 Å². The van der Waals surface area contributed by atoms with E-state index in [9.17, 15) is 14.4 Å². The molecule has 0 radical (unpaired) electrons. The molecule has 0 spiro atoms. The largest absolute Gasteiger partial charge is 0.322 e. The van der Waals surface area contributed by atoms with Crippen molar-refractivity contribution in [2.75, 3.05) is 13.6 Å². The van der Waals surface area contributed by atoms with Crippen molar-refractivity contribution in [3.63, 3.8) is 0 Å². The first-order chi connectivity index (χ1) is 14.5. The molecule has 2 unspecified atom stereocenters. The fraction of sp³-hybridized carbons (Fsp3) is 0.609. The van der Waals surface area contributed by atoms with Crippen LogP contribution in [0.2, 0.25) is 0 Å². The Balaban J connectivity index is 1.29. The van der Waals surface area contributed by atoms with Gasteiger partial charge >= 0.3 is 0 Å². The SMILES string of the molecule is CN(Cc1ccc2c(c1)CN(C1CCC(=O)NC1=O)C2=O)C1(C2CCCCN2)CC1. The summed E-state index contributed by atoms with van der Waals surface area (Å²) in [6, 6.07) is 6.10. The Morgan fingerprint density at radius 1 is 1.17 bits per heavy atom. The number of nitrogens with one attached hydrogen (secondary N) is 2. The molecule has 3 amide bonds. The smallest absolute Gasteiger partial charge is 0.255 e. The lowest BCUT2D eigenvalue weighted by atomic mass is 9.94. The van der Waals surface area contributed by atoms with Gasteiger partial charge < -0.3 is 10.2 Å². The van der Waals surface area contributed by atoms with Crippen molar-refractivity contribution in [1.82, 2.24) is 20.4 Å². The van der Waals surface area contributed by atoms with E-state index in [1.54, 1.807) is 4.90 Å². The predicted molar refractivity (Wildman–Crippen MR) is 112 cm³/mol. The van der Waals surface area contributed by atoms with Crippen LogP contribution in [-0.4, -0.2) is 58.7 Å². The first kappa shape index (κ1) is 19.7. The zero-order valence-electron chi connectivity index (χ0n) is 17.6. The lowest BCUT2D eigenvalue weighted by molar-refractivity contribution is -0.136. The van der Waals surface area contributed by atoms with Crippen LogP contribution in [-0.2, 0) is 22.7 Å². The van der Waals surface area contributed by atoms with Crippen LogP contribution in [0.5, 0.6) is 0 Å². The second-order valence-electron chi connectivity index (χ2n) is 9.35. The van der Waals surface area contributed by atoms with E-state index in [0.29, 0.717) is 24.6 Å². The number of hydrogen-bond donors (Lipinski definition) is 2. The first-order valence-electron chi connectivity index (χ1n) is 11.2. The molecule has 30 heavy (non-hydrogen) atoms. The number of rotatable bonds is 5. The lowest BCUT2D eigenvalue weighted by Crippen LogP contribution is -2.52. The highest BCUT2D eigenvalue weighted by Gasteiger charge is 2.52. The molecule has 160 valence electrons. The number of imide groups is 1. The predicted octanol–water partition coefficient (Wildman–Crippen LogP) is 1.55. The molecule has 4 aliphatic rings. The molecule has 1 aromatic rings. The highest BCUT2D eigenvalue weighted by molar-refractivity contribution is 6.05. The van der Waals surface area contributed by atoms with E-state index in [2.05, 4.69) is 28.6 Å². The molecule has 3 aliphatic heterocycles. The molecule has 7 heteroatoms. The van der Waals surface area contributed by atoms with Gasteiger partial charge in [-0.1, -0.05) is 18.6 Å². The van der Waals surface area contributed by atoms with Gasteiger partial charge in [0, 0.05) is 36.7 Å². The zero-order valence-corrected chi connectivity index (χ0v) is 17.6. The minimum atomic E-state index is -0.555. The topological polar surface area (TPSA) is 81.8 Å². The molecular formula is C23H30N4O3. The standard InChI is InChI=1S/C23H30N4O3/c1-26(23(9-10-23)19-4-2-3-11-24-19)13-15-5-6-17-16(12-15)14-27(22(17)30)18-7-8-20(28)25-21(18)29/h5-6,12,18-19,24H,2-4,7-11,13-14H2,1H3,(H,25,28,29). The molecule has 1 aromatic carbocycles. The summed E-state index contributed by atoms with van der Waals surface area (Å²) in [6.45, 7) is 2.42. The molecule has 3 heterocycles. The number of hydrogen-bond acceptors (Lipinski definition) is 5. The number of amides is 3. The van der Waals surface area contributed by atoms with Crippen molar-refractivity contribution in [1.29, 1.82) is 0 Å². The molecule has 1 saturated carbocycles. The summed E-state index contributed by atoms with van der Waals surface area (Å²) in [4.78, 5) is 40.7. The van der Waals surface area contributed by atoms with Gasteiger partial charge in [0.15, 0.2) is 0 Å². The molecular weight excluding hydrogens is 380 g/mol. The van der Waals surface area contributed by atoms with Crippen LogP contribution in [0.1, 0.15) is 66.4 Å². The third-order valence-electron chi connectivity index (χ3n) is 7.49. The number of piperidine rings is 2. The van der Waals surface area contributed by atoms with Crippen molar-refractivity contribution < 1.29 is 14.4 Å². The monoisotopic (exact) mass is 410 g/mol. The highest BCUT2D eigenvalue weighted by Crippen LogP contribution is 2.46. The number of benzene rings is 1. The van der Waals surface area contributed by atoms with E-state index in [4.69, 9.17) is 0 Å². The van der Waals surface area contributed by atoms with Crippen LogP contribution in [0.25, 0.3) is 0 Å². The summed E-state index contributed by atoms with van der Waals surface area (Å²) in [5.41, 5.74) is 3.14. The molecule has 7 nitrogen and oxygen atoms in total. The summed E-state index contributed by atoms with van der Waals surface area (Å²) < 4.78 is 0. The third kappa shape index (κ3) is 3.34. The van der Waals surface area contributed by atoms with E-state index in [1.807, 2.05) is 12.1 Å². The van der Waals surface area contributed by atoms with E-state index >= 15 is 0 Å². The van der Waals surface area contributed by atoms with Crippen LogP contribution in [0.4, 0.5) is 0 Å². The first-order valence-corrected chi connectivity index (χ1v) is 11.2. The Labute approximate surface area is 177 Å². The average molecular weight is 411 g/mol. The van der Waals surface area contributed by atoms with E-state index < -0.39 is 6.04 Å². The lowest BCUT2D eigenvalue weighted by Gasteiger charge is -2.38. The van der Waals surface area contributed by atoms with Crippen molar-refractivity contribution in [3.8, 4) is 0 Å². The summed E-state index contributed by atoms with van der Waals surface area (Å²) in [6.07, 6.45) is 7.01. The van der Waals surface area contributed by atoms with Crippen molar-refractivity contribution in [3.05, 3.63) is 34.9 Å². The highest BCUT2D eigenvalue weighted by atomic mass is 16.2. The molecule has 5 rings (SSSR count). The number of carbonyl (C=O) groups is 3. The quantitative estimate of drug-likeness (QED) is 0.720. The van der Waals surface area contributed by atoms with Crippen molar-refractivity contribution in [2.45, 2.75) is 75.7 Å². The molecule has 0 bridgehead atoms. The molecule has 2 N–H and O–H groups in total. The summed E-state index contributed by atoms with van der Waals surface area (Å²) in [5.74, 6) is -0.723. The van der Waals surface area contributed by atoms with Gasteiger partial charge in [-0.25, -0.2) is 0 Å². The molecule has 3 fully saturated rings. The number of carbonyl (C=O) groups excluding carboxylic acids is 3. The van der Waals surface area contributed by atoms with Crippen LogP contribution in [0.15, 0.2) is 18.2 Å². The van der Waals surface area contributed by atoms with Crippen LogP contribution >= 0.6 is 0 Å². The minimum Gasteiger partial charge on any atom is -0.322 e. The Bertz CT molecular complexity index is 888. The Hall–Kier alpha value is -2.25. The Kier molecular flexibility index (Phi) is 4.90. The molecule has 2 saturated heterocycles. The second kappa shape index (κ2) is 7.46. The van der Waals surface area contributed by atoms with Crippen LogP contribution in [0.3, 0.4) is 0 Å². The molecule has 0 aromatic heterocycles. The van der Waals surface area contributed by atoms with Gasteiger partial charge in [0.2, 0.25) is 11.8 Å². The van der Waals surface area contributed by atoms with E-state index in [0.717, 1.165) is 18.7 Å². The minimum absolute atomic E-state index is 0.107. The van der Waals surface area contributed by atoms with Gasteiger partial charge in [0.05, 0.1) is 0 Å². The van der Waals surface area contributed by atoms with E-state index in [1.165, 1.54) is 37.7 Å². The van der Waals surface area contributed by atoms with Crippen LogP contribution < -0.4 is 10.6 Å². The maximum atomic E-state index is 12.9. The van der Waals surface area contributed by atoms with Crippen molar-refractivity contribution in [2.24, 2.45) is 0 Å². The summed E-state index contributed by atoms with van der Waals surface area (Å²) in [7, 11) is 2.22. The maximum Gasteiger partial charge on any atom is 0.255 e. The van der Waals surface area contributed by atoms with Crippen LogP contribution in [0, 0.1) is 0 Å². The van der Waals surface area contributed by atoms with E-state index in [-0.39, 0.29) is 29.7 Å². The number of likely N-dealkylation sites (N-methyl/N-ethyl adjacent to an activating group) is 1. The molecule has 1 aliphatic carbocycles.